The van der Waals surface area contributed by atoms with Crippen molar-refractivity contribution in [2.45, 2.75) is 56.8 Å². The van der Waals surface area contributed by atoms with Crippen molar-refractivity contribution in [3.8, 4) is 5.75 Å². The predicted molar refractivity (Wildman–Crippen MR) is 107 cm³/mol. The molecule has 1 aliphatic rings. The van der Waals surface area contributed by atoms with Crippen LogP contribution in [0.2, 0.25) is 0 Å². The molecule has 30 heavy (non-hydrogen) atoms. The summed E-state index contributed by atoms with van der Waals surface area (Å²) in [5, 5.41) is 0. The molecule has 162 valence electrons. The third-order valence-electron chi connectivity index (χ3n) is 5.79. The van der Waals surface area contributed by atoms with Crippen molar-refractivity contribution in [2.75, 3.05) is 6.61 Å². The largest absolute Gasteiger partial charge is 0.490 e. The first-order valence-corrected chi connectivity index (χ1v) is 10.2. The molecule has 0 amide bonds. The van der Waals surface area contributed by atoms with Gasteiger partial charge in [0.05, 0.1) is 6.61 Å². The Morgan fingerprint density at radius 1 is 1.10 bits per heavy atom. The third kappa shape index (κ3) is 4.52. The maximum absolute atomic E-state index is 14.9. The molecule has 0 N–H and O–H groups in total. The van der Waals surface area contributed by atoms with Gasteiger partial charge in [0.15, 0.2) is 11.6 Å². The monoisotopic (exact) mass is 424 g/mol. The fraction of sp³-hybridized carbons (Fsp3) is 0.417. The molecular weight excluding hydrogens is 399 g/mol. The number of benzene rings is 2. The molecule has 2 aromatic carbocycles. The normalized spacial score (nSPS) is 20.7. The zero-order chi connectivity index (χ0) is 21.9. The minimum Gasteiger partial charge on any atom is -0.490 e. The van der Waals surface area contributed by atoms with Gasteiger partial charge in [0.1, 0.15) is 5.82 Å². The predicted octanol–water partition coefficient (Wildman–Crippen LogP) is 7.31. The fourth-order valence-electron chi connectivity index (χ4n) is 4.12. The van der Waals surface area contributed by atoms with E-state index in [1.165, 1.54) is 30.3 Å². The Morgan fingerprint density at radius 3 is 2.50 bits per heavy atom. The Labute approximate surface area is 173 Å². The zero-order valence-corrected chi connectivity index (χ0v) is 16.9. The van der Waals surface area contributed by atoms with Gasteiger partial charge in [-0.25, -0.2) is 17.6 Å². The van der Waals surface area contributed by atoms with Crippen LogP contribution in [-0.2, 0) is 6.42 Å². The standard InChI is InChI=1S/C24H25F5O/c1-3-5-12-30-21-11-9-18(22(26)23(21)27)17-8-10-19(24(28,29)14-17)16-7-6-15(4-2)20(25)13-16/h3,6-7,9,11,13,17,19H,1,4-5,8,10,12,14H2,2H3. The van der Waals surface area contributed by atoms with E-state index >= 15 is 0 Å². The Balaban J connectivity index is 1.79. The van der Waals surface area contributed by atoms with E-state index in [1.807, 2.05) is 0 Å². The molecule has 2 aromatic rings. The maximum Gasteiger partial charge on any atom is 0.255 e. The highest BCUT2D eigenvalue weighted by atomic mass is 19.3. The van der Waals surface area contributed by atoms with Crippen molar-refractivity contribution < 1.29 is 26.7 Å². The van der Waals surface area contributed by atoms with E-state index < -0.39 is 41.6 Å². The molecule has 0 radical (unpaired) electrons. The average Bonchev–Trinajstić information content (AvgIpc) is 2.70. The molecule has 0 saturated heterocycles. The van der Waals surface area contributed by atoms with Gasteiger partial charge in [-0.15, -0.1) is 6.58 Å². The summed E-state index contributed by atoms with van der Waals surface area (Å²) in [4.78, 5) is 0. The van der Waals surface area contributed by atoms with E-state index in [4.69, 9.17) is 4.74 Å². The first-order valence-electron chi connectivity index (χ1n) is 10.2. The molecule has 1 fully saturated rings. The second-order valence-electron chi connectivity index (χ2n) is 7.70. The molecule has 0 spiro atoms. The molecule has 0 heterocycles. The van der Waals surface area contributed by atoms with Crippen LogP contribution >= 0.6 is 0 Å². The fourth-order valence-corrected chi connectivity index (χ4v) is 4.12. The van der Waals surface area contributed by atoms with E-state index in [0.717, 1.165) is 0 Å². The Bertz CT molecular complexity index is 909. The van der Waals surface area contributed by atoms with Gasteiger partial charge in [-0.1, -0.05) is 31.2 Å². The van der Waals surface area contributed by atoms with Crippen molar-refractivity contribution in [2.24, 2.45) is 0 Å². The highest BCUT2D eigenvalue weighted by molar-refractivity contribution is 5.35. The molecule has 2 atom stereocenters. The van der Waals surface area contributed by atoms with Crippen molar-refractivity contribution in [1.29, 1.82) is 0 Å². The second kappa shape index (κ2) is 9.19. The smallest absolute Gasteiger partial charge is 0.255 e. The summed E-state index contributed by atoms with van der Waals surface area (Å²) < 4.78 is 78.1. The highest BCUT2D eigenvalue weighted by Crippen LogP contribution is 2.50. The molecular formula is C24H25F5O. The van der Waals surface area contributed by atoms with Crippen LogP contribution < -0.4 is 4.74 Å². The van der Waals surface area contributed by atoms with E-state index in [1.54, 1.807) is 13.0 Å². The number of alkyl halides is 2. The number of hydrogen-bond donors (Lipinski definition) is 0. The molecule has 1 saturated carbocycles. The zero-order valence-electron chi connectivity index (χ0n) is 16.9. The van der Waals surface area contributed by atoms with Crippen LogP contribution in [0.25, 0.3) is 0 Å². The molecule has 2 unspecified atom stereocenters. The Kier molecular flexibility index (Phi) is 6.84. The highest BCUT2D eigenvalue weighted by Gasteiger charge is 2.47. The second-order valence-corrected chi connectivity index (χ2v) is 7.70. The number of rotatable bonds is 7. The lowest BCUT2D eigenvalue weighted by Crippen LogP contribution is -2.34. The maximum atomic E-state index is 14.9. The van der Waals surface area contributed by atoms with Crippen molar-refractivity contribution in [3.05, 3.63) is 77.1 Å². The lowest BCUT2D eigenvalue weighted by molar-refractivity contribution is -0.0618. The average molecular weight is 424 g/mol. The van der Waals surface area contributed by atoms with Gasteiger partial charge in [-0.2, -0.15) is 4.39 Å². The van der Waals surface area contributed by atoms with Crippen LogP contribution in [0.5, 0.6) is 5.75 Å². The molecule has 0 bridgehead atoms. The molecule has 3 rings (SSSR count). The quantitative estimate of drug-likeness (QED) is 0.257. The van der Waals surface area contributed by atoms with E-state index in [-0.39, 0.29) is 36.3 Å². The summed E-state index contributed by atoms with van der Waals surface area (Å²) >= 11 is 0. The van der Waals surface area contributed by atoms with E-state index in [9.17, 15) is 22.0 Å². The van der Waals surface area contributed by atoms with Crippen molar-refractivity contribution in [3.63, 3.8) is 0 Å². The SMILES string of the molecule is C=CCCOc1ccc(C2CCC(c3ccc(CC)c(F)c3)C(F)(F)C2)c(F)c1F. The van der Waals surface area contributed by atoms with Gasteiger partial charge in [-0.05, 0) is 60.4 Å². The molecule has 0 aliphatic heterocycles. The van der Waals surface area contributed by atoms with Gasteiger partial charge in [-0.3, -0.25) is 0 Å². The number of ether oxygens (including phenoxy) is 1. The van der Waals surface area contributed by atoms with Crippen molar-refractivity contribution >= 4 is 0 Å². The lowest BCUT2D eigenvalue weighted by atomic mass is 9.73. The van der Waals surface area contributed by atoms with Crippen LogP contribution in [0.4, 0.5) is 22.0 Å². The molecule has 0 aromatic heterocycles. The van der Waals surface area contributed by atoms with Gasteiger partial charge >= 0.3 is 0 Å². The van der Waals surface area contributed by atoms with Gasteiger partial charge in [0.25, 0.3) is 5.92 Å². The Morgan fingerprint density at radius 2 is 1.87 bits per heavy atom. The first-order chi connectivity index (χ1) is 14.3. The van der Waals surface area contributed by atoms with E-state index in [2.05, 4.69) is 6.58 Å². The number of halogens is 5. The topological polar surface area (TPSA) is 9.23 Å². The summed E-state index contributed by atoms with van der Waals surface area (Å²) in [7, 11) is 0. The van der Waals surface area contributed by atoms with Crippen molar-refractivity contribution in [1.82, 2.24) is 0 Å². The van der Waals surface area contributed by atoms with Gasteiger partial charge in [0.2, 0.25) is 5.82 Å². The van der Waals surface area contributed by atoms with Gasteiger partial charge in [0, 0.05) is 12.3 Å². The first kappa shape index (κ1) is 22.3. The van der Waals surface area contributed by atoms with Crippen LogP contribution in [0.3, 0.4) is 0 Å². The van der Waals surface area contributed by atoms with E-state index in [0.29, 0.717) is 18.4 Å². The van der Waals surface area contributed by atoms with Crippen LogP contribution in [0.15, 0.2) is 43.0 Å². The minimum absolute atomic E-state index is 0.0568. The molecule has 6 heteroatoms. The summed E-state index contributed by atoms with van der Waals surface area (Å²) in [6.45, 7) is 5.46. The lowest BCUT2D eigenvalue weighted by Gasteiger charge is -2.36. The summed E-state index contributed by atoms with van der Waals surface area (Å²) in [6.07, 6.45) is 2.23. The van der Waals surface area contributed by atoms with Crippen LogP contribution in [0.1, 0.15) is 61.1 Å². The third-order valence-corrected chi connectivity index (χ3v) is 5.79. The summed E-state index contributed by atoms with van der Waals surface area (Å²) in [5.41, 5.74) is 0.642. The van der Waals surface area contributed by atoms with Crippen LogP contribution in [0, 0.1) is 17.5 Å². The molecule has 1 aliphatic carbocycles. The minimum atomic E-state index is -3.16. The van der Waals surface area contributed by atoms with Crippen LogP contribution in [-0.4, -0.2) is 12.5 Å². The van der Waals surface area contributed by atoms with Gasteiger partial charge < -0.3 is 4.74 Å². The number of aryl methyl sites for hydroxylation is 1. The summed E-state index contributed by atoms with van der Waals surface area (Å²) in [5.74, 6) is -8.19. The summed E-state index contributed by atoms with van der Waals surface area (Å²) in [6, 6.07) is 6.84. The Hall–Kier alpha value is -2.37. The number of hydrogen-bond acceptors (Lipinski definition) is 1. The molecule has 1 nitrogen and oxygen atoms in total.